The fourth-order valence-electron chi connectivity index (χ4n) is 2.39. The van der Waals surface area contributed by atoms with Gasteiger partial charge >= 0.3 is 0 Å². The molecule has 0 spiro atoms. The van der Waals surface area contributed by atoms with Crippen LogP contribution in [0.25, 0.3) is 0 Å². The van der Waals surface area contributed by atoms with Crippen molar-refractivity contribution in [2.75, 3.05) is 6.61 Å². The predicted octanol–water partition coefficient (Wildman–Crippen LogP) is 2.41. The molecule has 0 saturated heterocycles. The van der Waals surface area contributed by atoms with Crippen LogP contribution in [0.1, 0.15) is 24.5 Å². The zero-order valence-electron chi connectivity index (χ0n) is 14.4. The van der Waals surface area contributed by atoms with Crippen LogP contribution in [-0.4, -0.2) is 24.5 Å². The molecule has 0 aliphatic carbocycles. The predicted molar refractivity (Wildman–Crippen MR) is 96.6 cm³/mol. The summed E-state index contributed by atoms with van der Waals surface area (Å²) >= 11 is 0. The first-order valence-corrected chi connectivity index (χ1v) is 8.35. The minimum absolute atomic E-state index is 0.206. The molecule has 0 heterocycles. The molecule has 1 atom stereocenters. The van der Waals surface area contributed by atoms with E-state index >= 15 is 0 Å². The molecule has 2 N–H and O–H groups in total. The molecule has 132 valence electrons. The SMILES string of the molecule is CC(=O)NC(CCOCc1ccccc1)C(=O)NCc1ccccc1. The number of hydrogen-bond donors (Lipinski definition) is 2. The number of nitrogens with one attached hydrogen (secondary N) is 2. The average Bonchev–Trinajstić information content (AvgIpc) is 2.63. The third-order valence-corrected chi connectivity index (χ3v) is 3.67. The minimum Gasteiger partial charge on any atom is -0.377 e. The van der Waals surface area contributed by atoms with Crippen LogP contribution in [0.2, 0.25) is 0 Å². The highest BCUT2D eigenvalue weighted by molar-refractivity contribution is 5.86. The van der Waals surface area contributed by atoms with E-state index in [0.717, 1.165) is 11.1 Å². The minimum atomic E-state index is -0.600. The number of carbonyl (C=O) groups is 2. The van der Waals surface area contributed by atoms with E-state index < -0.39 is 6.04 Å². The summed E-state index contributed by atoms with van der Waals surface area (Å²) in [5, 5.41) is 5.54. The molecule has 0 aliphatic rings. The number of benzene rings is 2. The normalized spacial score (nSPS) is 11.6. The van der Waals surface area contributed by atoms with Gasteiger partial charge in [-0.3, -0.25) is 9.59 Å². The van der Waals surface area contributed by atoms with Crippen LogP contribution < -0.4 is 10.6 Å². The molecule has 0 aromatic heterocycles. The zero-order valence-corrected chi connectivity index (χ0v) is 14.4. The molecule has 5 heteroatoms. The van der Waals surface area contributed by atoms with Crippen LogP contribution in [0.5, 0.6) is 0 Å². The Labute approximate surface area is 148 Å². The first kappa shape index (κ1) is 18.7. The van der Waals surface area contributed by atoms with Crippen molar-refractivity contribution < 1.29 is 14.3 Å². The topological polar surface area (TPSA) is 67.4 Å². The number of ether oxygens (including phenoxy) is 1. The third-order valence-electron chi connectivity index (χ3n) is 3.67. The molecule has 2 rings (SSSR count). The summed E-state index contributed by atoms with van der Waals surface area (Å²) in [6.07, 6.45) is 0.424. The molecule has 0 fully saturated rings. The molecule has 0 saturated carbocycles. The Hall–Kier alpha value is -2.66. The summed E-state index contributed by atoms with van der Waals surface area (Å²) in [7, 11) is 0. The summed E-state index contributed by atoms with van der Waals surface area (Å²) in [6.45, 7) is 2.71. The molecule has 1 unspecified atom stereocenters. The lowest BCUT2D eigenvalue weighted by Gasteiger charge is -2.17. The van der Waals surface area contributed by atoms with Gasteiger partial charge in [-0.1, -0.05) is 60.7 Å². The maximum absolute atomic E-state index is 12.3. The molecule has 2 aromatic carbocycles. The van der Waals surface area contributed by atoms with E-state index in [2.05, 4.69) is 10.6 Å². The van der Waals surface area contributed by atoms with E-state index in [1.807, 2.05) is 60.7 Å². The van der Waals surface area contributed by atoms with Gasteiger partial charge in [0, 0.05) is 20.1 Å². The summed E-state index contributed by atoms with van der Waals surface area (Å²) in [4.78, 5) is 23.7. The van der Waals surface area contributed by atoms with Crippen LogP contribution in [-0.2, 0) is 27.5 Å². The summed E-state index contributed by atoms with van der Waals surface area (Å²) in [5.74, 6) is -0.440. The van der Waals surface area contributed by atoms with Crippen LogP contribution in [0.4, 0.5) is 0 Å². The Morgan fingerprint density at radius 3 is 2.16 bits per heavy atom. The molecule has 5 nitrogen and oxygen atoms in total. The lowest BCUT2D eigenvalue weighted by molar-refractivity contribution is -0.128. The monoisotopic (exact) mass is 340 g/mol. The van der Waals surface area contributed by atoms with Crippen molar-refractivity contribution in [3.05, 3.63) is 71.8 Å². The van der Waals surface area contributed by atoms with Gasteiger partial charge in [0.2, 0.25) is 11.8 Å². The van der Waals surface area contributed by atoms with Gasteiger partial charge in [-0.05, 0) is 17.5 Å². The second-order valence-corrected chi connectivity index (χ2v) is 5.78. The van der Waals surface area contributed by atoms with Crippen molar-refractivity contribution in [3.63, 3.8) is 0 Å². The summed E-state index contributed by atoms with van der Waals surface area (Å²) in [5.41, 5.74) is 2.09. The maximum atomic E-state index is 12.3. The lowest BCUT2D eigenvalue weighted by atomic mass is 10.1. The van der Waals surface area contributed by atoms with Gasteiger partial charge in [-0.15, -0.1) is 0 Å². The Kier molecular flexibility index (Phi) is 7.66. The van der Waals surface area contributed by atoms with Gasteiger partial charge in [0.15, 0.2) is 0 Å². The first-order chi connectivity index (χ1) is 12.1. The number of rotatable bonds is 9. The Balaban J connectivity index is 1.78. The van der Waals surface area contributed by atoms with Gasteiger partial charge in [-0.25, -0.2) is 0 Å². The zero-order chi connectivity index (χ0) is 17.9. The second-order valence-electron chi connectivity index (χ2n) is 5.78. The third kappa shape index (κ3) is 7.18. The van der Waals surface area contributed by atoms with Crippen LogP contribution in [0.3, 0.4) is 0 Å². The van der Waals surface area contributed by atoms with E-state index in [0.29, 0.717) is 26.2 Å². The van der Waals surface area contributed by atoms with Crippen LogP contribution in [0.15, 0.2) is 60.7 Å². The van der Waals surface area contributed by atoms with Crippen molar-refractivity contribution in [1.29, 1.82) is 0 Å². The smallest absolute Gasteiger partial charge is 0.242 e. The van der Waals surface area contributed by atoms with Crippen molar-refractivity contribution in [3.8, 4) is 0 Å². The van der Waals surface area contributed by atoms with Crippen molar-refractivity contribution in [2.45, 2.75) is 32.5 Å². The van der Waals surface area contributed by atoms with Gasteiger partial charge < -0.3 is 15.4 Å². The fourth-order valence-corrected chi connectivity index (χ4v) is 2.39. The van der Waals surface area contributed by atoms with Crippen molar-refractivity contribution in [2.24, 2.45) is 0 Å². The fraction of sp³-hybridized carbons (Fsp3) is 0.300. The Morgan fingerprint density at radius 2 is 1.56 bits per heavy atom. The largest absolute Gasteiger partial charge is 0.377 e. The maximum Gasteiger partial charge on any atom is 0.242 e. The van der Waals surface area contributed by atoms with Crippen LogP contribution in [0, 0.1) is 0 Å². The van der Waals surface area contributed by atoms with E-state index in [1.54, 1.807) is 0 Å². The highest BCUT2D eigenvalue weighted by Crippen LogP contribution is 2.03. The number of amides is 2. The molecule has 2 aromatic rings. The van der Waals surface area contributed by atoms with Gasteiger partial charge in [0.25, 0.3) is 0 Å². The quantitative estimate of drug-likeness (QED) is 0.689. The molecule has 0 radical (unpaired) electrons. The molecule has 25 heavy (non-hydrogen) atoms. The highest BCUT2D eigenvalue weighted by atomic mass is 16.5. The van der Waals surface area contributed by atoms with E-state index in [9.17, 15) is 9.59 Å². The number of carbonyl (C=O) groups excluding carboxylic acids is 2. The summed E-state index contributed by atoms with van der Waals surface area (Å²) < 4.78 is 5.61. The van der Waals surface area contributed by atoms with Crippen LogP contribution >= 0.6 is 0 Å². The lowest BCUT2D eigenvalue weighted by Crippen LogP contribution is -2.46. The van der Waals surface area contributed by atoms with Crippen molar-refractivity contribution >= 4 is 11.8 Å². The molecule has 0 aliphatic heterocycles. The van der Waals surface area contributed by atoms with Gasteiger partial charge in [-0.2, -0.15) is 0 Å². The van der Waals surface area contributed by atoms with E-state index in [4.69, 9.17) is 4.74 Å². The summed E-state index contributed by atoms with van der Waals surface area (Å²) in [6, 6.07) is 18.9. The average molecular weight is 340 g/mol. The Bertz CT molecular complexity index is 659. The molecule has 2 amide bonds. The second kappa shape index (κ2) is 10.3. The van der Waals surface area contributed by atoms with Gasteiger partial charge in [0.1, 0.15) is 6.04 Å². The molecular weight excluding hydrogens is 316 g/mol. The molecule has 0 bridgehead atoms. The standard InChI is InChI=1S/C20H24N2O3/c1-16(23)22-19(12-13-25-15-18-10-6-3-7-11-18)20(24)21-14-17-8-4-2-5-9-17/h2-11,19H,12-15H2,1H3,(H,21,24)(H,22,23). The number of hydrogen-bond acceptors (Lipinski definition) is 3. The first-order valence-electron chi connectivity index (χ1n) is 8.35. The highest BCUT2D eigenvalue weighted by Gasteiger charge is 2.18. The van der Waals surface area contributed by atoms with Crippen molar-refractivity contribution in [1.82, 2.24) is 10.6 Å². The Morgan fingerprint density at radius 1 is 0.960 bits per heavy atom. The van der Waals surface area contributed by atoms with Gasteiger partial charge in [0.05, 0.1) is 6.61 Å². The van der Waals surface area contributed by atoms with E-state index in [-0.39, 0.29) is 11.8 Å². The van der Waals surface area contributed by atoms with E-state index in [1.165, 1.54) is 6.92 Å². The molecular formula is C20H24N2O3.